The Hall–Kier alpha value is -4.10. The molecule has 12 nitrogen and oxygen atoms in total. The molecule has 2 aliphatic heterocycles. The van der Waals surface area contributed by atoms with Gasteiger partial charge in [-0.15, -0.1) is 0 Å². The minimum absolute atomic E-state index is 0. The first-order valence-electron chi connectivity index (χ1n) is 36.2. The standard InChI is InChI=1S/C44H66O6.C34H50O4.H3N.H2O/c1-29(2)11-10-12-30(3)37-17-18-38-36-16-15-32-27-33(19-21-43(32,4)39(36)20-22-44(37,38)5)50-42(45)31-25-34(48-40-13-6-8-23-46-40)28-35(26-31)49-41-14-7-9-24-47-41;1-21(2)7-6-8-22(3)29-11-12-30-28-10-9-24-19-27(38-32(37)23-17-25(35)20-26(36)18-23)13-15-33(24,4)31(28)14-16-34(29,30)5;;/h15,25-26,28-30,33,36-41H,6-14,16-24,27H2,1-5H3;9,17-18,20-22,27-31,35-36H,6-8,10-16,19H2,1-5H3;1H3;1H2. The summed E-state index contributed by atoms with van der Waals surface area (Å²) in [7, 11) is 0. The van der Waals surface area contributed by atoms with Crippen LogP contribution in [0.4, 0.5) is 0 Å². The molecule has 2 aromatic rings. The Bertz CT molecular complexity index is 2720. The molecule has 2 saturated heterocycles. The second kappa shape index (κ2) is 29.7. The topological polar surface area (TPSA) is 196 Å². The normalized spacial score (nSPS) is 36.5. The quantitative estimate of drug-likeness (QED) is 0.0949. The van der Waals surface area contributed by atoms with Crippen LogP contribution in [0.5, 0.6) is 23.0 Å². The lowest BCUT2D eigenvalue weighted by Crippen LogP contribution is -2.51. The molecule has 0 bridgehead atoms. The number of carbonyl (C=O) groups excluding carboxylic acids is 2. The van der Waals surface area contributed by atoms with E-state index in [0.717, 1.165) is 148 Å². The highest BCUT2D eigenvalue weighted by atomic mass is 16.7. The largest absolute Gasteiger partial charge is 0.508 e. The highest BCUT2D eigenvalue weighted by molar-refractivity contribution is 5.91. The van der Waals surface area contributed by atoms with Gasteiger partial charge in [-0.25, -0.2) is 9.59 Å². The van der Waals surface area contributed by atoms with Crippen molar-refractivity contribution >= 4 is 11.9 Å². The highest BCUT2D eigenvalue weighted by Crippen LogP contribution is 2.69. The van der Waals surface area contributed by atoms with Crippen molar-refractivity contribution in [3.63, 3.8) is 0 Å². The average Bonchev–Trinajstić information content (AvgIpc) is 1.10. The van der Waals surface area contributed by atoms with Crippen molar-refractivity contribution < 1.29 is 53.7 Å². The summed E-state index contributed by atoms with van der Waals surface area (Å²) in [4.78, 5) is 26.6. The molecule has 8 aliphatic carbocycles. The van der Waals surface area contributed by atoms with Crippen molar-refractivity contribution in [1.29, 1.82) is 0 Å². The van der Waals surface area contributed by atoms with Crippen LogP contribution in [-0.2, 0) is 18.9 Å². The number of rotatable bonds is 18. The van der Waals surface area contributed by atoms with Gasteiger partial charge in [-0.2, -0.15) is 0 Å². The average molecular weight is 1250 g/mol. The third-order valence-corrected chi connectivity index (χ3v) is 26.1. The van der Waals surface area contributed by atoms with E-state index < -0.39 is 5.97 Å². The maximum atomic E-state index is 13.8. The predicted molar refractivity (Wildman–Crippen MR) is 358 cm³/mol. The number of carbonyl (C=O) groups is 2. The third kappa shape index (κ3) is 15.0. The summed E-state index contributed by atoms with van der Waals surface area (Å²) in [5.74, 6) is 10.0. The van der Waals surface area contributed by atoms with Gasteiger partial charge in [0.05, 0.1) is 24.3 Å². The first-order chi connectivity index (χ1) is 42.1. The number of phenolic OH excluding ortho intramolecular Hbond substituents is 2. The van der Waals surface area contributed by atoms with Crippen LogP contribution in [0.3, 0.4) is 0 Å². The molecule has 18 atom stereocenters. The second-order valence-corrected chi connectivity index (χ2v) is 32.4. The van der Waals surface area contributed by atoms with Gasteiger partial charge in [-0.1, -0.05) is 131 Å². The molecule has 2 aromatic carbocycles. The monoisotopic (exact) mass is 1250 g/mol. The van der Waals surface area contributed by atoms with Gasteiger partial charge in [-0.05, 0) is 233 Å². The highest BCUT2D eigenvalue weighted by Gasteiger charge is 2.61. The van der Waals surface area contributed by atoms with E-state index >= 15 is 0 Å². The van der Waals surface area contributed by atoms with Gasteiger partial charge in [-0.3, -0.25) is 0 Å². The fraction of sp³-hybridized carbons (Fsp3) is 0.769. The van der Waals surface area contributed by atoms with Crippen molar-refractivity contribution in [3.8, 4) is 23.0 Å². The lowest BCUT2D eigenvalue weighted by molar-refractivity contribution is -0.109. The Balaban J connectivity index is 0.000000216. The Labute approximate surface area is 542 Å². The first kappa shape index (κ1) is 70.2. The van der Waals surface area contributed by atoms with E-state index in [-0.39, 0.29) is 70.3 Å². The molecule has 10 aliphatic rings. The van der Waals surface area contributed by atoms with Crippen LogP contribution < -0.4 is 15.6 Å². The van der Waals surface area contributed by atoms with Crippen molar-refractivity contribution in [2.24, 2.45) is 92.7 Å². The molecule has 0 amide bonds. The Morgan fingerprint density at radius 1 is 0.511 bits per heavy atom. The van der Waals surface area contributed by atoms with Gasteiger partial charge in [0.1, 0.15) is 35.2 Å². The van der Waals surface area contributed by atoms with Crippen LogP contribution in [-0.4, -0.2) is 65.6 Å². The lowest BCUT2D eigenvalue weighted by Gasteiger charge is -2.58. The lowest BCUT2D eigenvalue weighted by atomic mass is 9.47. The number of esters is 2. The number of ether oxygens (including phenoxy) is 6. The fourth-order valence-corrected chi connectivity index (χ4v) is 21.4. The van der Waals surface area contributed by atoms with E-state index in [1.54, 1.807) is 17.7 Å². The zero-order valence-corrected chi connectivity index (χ0v) is 57.4. The van der Waals surface area contributed by atoms with Gasteiger partial charge < -0.3 is 50.3 Å². The number of phenols is 2. The number of fused-ring (bicyclic) bond motifs is 10. The van der Waals surface area contributed by atoms with Crippen LogP contribution in [0.1, 0.15) is 270 Å². The Morgan fingerprint density at radius 3 is 1.33 bits per heavy atom. The smallest absolute Gasteiger partial charge is 0.338 e. The molecule has 6 saturated carbocycles. The number of aromatic hydroxyl groups is 2. The number of allylic oxidation sites excluding steroid dienone is 2. The molecular weight excluding hydrogens is 1130 g/mol. The van der Waals surface area contributed by atoms with Gasteiger partial charge in [0, 0.05) is 37.8 Å². The summed E-state index contributed by atoms with van der Waals surface area (Å²) >= 11 is 0. The first-order valence-corrected chi connectivity index (χ1v) is 36.2. The van der Waals surface area contributed by atoms with Crippen LogP contribution >= 0.6 is 0 Å². The molecule has 0 aromatic heterocycles. The molecule has 0 radical (unpaired) electrons. The molecule has 18 unspecified atom stereocenters. The molecule has 12 rings (SSSR count). The van der Waals surface area contributed by atoms with Crippen LogP contribution in [0.15, 0.2) is 59.7 Å². The summed E-state index contributed by atoms with van der Waals surface area (Å²) < 4.78 is 36.3. The zero-order valence-electron chi connectivity index (χ0n) is 57.4. The molecule has 7 N–H and O–H groups in total. The van der Waals surface area contributed by atoms with Crippen molar-refractivity contribution in [2.75, 3.05) is 13.2 Å². The van der Waals surface area contributed by atoms with Crippen LogP contribution in [0.2, 0.25) is 0 Å². The fourth-order valence-electron chi connectivity index (χ4n) is 21.4. The van der Waals surface area contributed by atoms with E-state index in [2.05, 4.69) is 81.4 Å². The molecule has 2 heterocycles. The van der Waals surface area contributed by atoms with E-state index in [9.17, 15) is 19.8 Å². The minimum atomic E-state index is -0.466. The zero-order chi connectivity index (χ0) is 62.1. The molecule has 0 spiro atoms. The van der Waals surface area contributed by atoms with Crippen LogP contribution in [0, 0.1) is 92.7 Å². The van der Waals surface area contributed by atoms with Crippen molar-refractivity contribution in [3.05, 3.63) is 70.8 Å². The molecule has 12 heteroatoms. The molecule has 504 valence electrons. The Morgan fingerprint density at radius 2 is 0.933 bits per heavy atom. The number of hydrogen-bond donors (Lipinski definition) is 3. The van der Waals surface area contributed by atoms with E-state index in [0.29, 0.717) is 41.1 Å². The van der Waals surface area contributed by atoms with E-state index in [1.165, 1.54) is 127 Å². The summed E-state index contributed by atoms with van der Waals surface area (Å²) in [5.41, 5.74) is 5.17. The molecule has 90 heavy (non-hydrogen) atoms. The predicted octanol–water partition coefficient (Wildman–Crippen LogP) is 19.1. The minimum Gasteiger partial charge on any atom is -0.508 e. The number of benzene rings is 2. The molecular formula is C78H121NO11. The summed E-state index contributed by atoms with van der Waals surface area (Å²) in [5, 5.41) is 19.5. The maximum Gasteiger partial charge on any atom is 0.338 e. The van der Waals surface area contributed by atoms with Crippen LogP contribution in [0.25, 0.3) is 0 Å². The summed E-state index contributed by atoms with van der Waals surface area (Å²) in [6, 6.07) is 9.40. The van der Waals surface area contributed by atoms with E-state index in [4.69, 9.17) is 28.4 Å². The van der Waals surface area contributed by atoms with Gasteiger partial charge in [0.2, 0.25) is 0 Å². The molecule has 8 fully saturated rings. The van der Waals surface area contributed by atoms with Gasteiger partial charge in [0.15, 0.2) is 12.6 Å². The SMILES string of the molecule is CC(C)CCCC(C)C1CCC2C3CC=C4CC(OC(=O)c5cc(O)cc(O)c5)CCC4(C)C3CCC12C.CC(C)CCCC(C)C1CCC2C3CC=C4CC(OC(=O)c5cc(OC6CCCCO6)cc(OC6CCCCO6)c5)CCC4(C)C3CCC12C.N.O. The Kier molecular flexibility index (Phi) is 23.2. The van der Waals surface area contributed by atoms with E-state index in [1.807, 2.05) is 6.07 Å². The van der Waals surface area contributed by atoms with Gasteiger partial charge in [0.25, 0.3) is 0 Å². The summed E-state index contributed by atoms with van der Waals surface area (Å²) in [6.07, 6.45) is 37.7. The maximum absolute atomic E-state index is 13.8. The summed E-state index contributed by atoms with van der Waals surface area (Å²) in [6.45, 7) is 26.3. The second-order valence-electron chi connectivity index (χ2n) is 32.4. The van der Waals surface area contributed by atoms with Crippen molar-refractivity contribution in [2.45, 2.75) is 274 Å². The van der Waals surface area contributed by atoms with Gasteiger partial charge >= 0.3 is 11.9 Å². The number of hydrogen-bond acceptors (Lipinski definition) is 11. The third-order valence-electron chi connectivity index (χ3n) is 26.1. The van der Waals surface area contributed by atoms with Crippen molar-refractivity contribution in [1.82, 2.24) is 6.15 Å².